The standard InChI is InChI=1S/C20H17ClFN5O3S/c21-14-8-23-9-15(24-14)25-1-3-26(4-2-25)17-13(22)7-11-16-19(17)31-6-5-27(16)10-12(18(11)28)20(29)30/h7-10H,1-6H2,(H,29,30). The largest absolute Gasteiger partial charge is 0.477 e. The van der Waals surface area contributed by atoms with Gasteiger partial charge in [-0.2, -0.15) is 0 Å². The SMILES string of the molecule is O=C(O)c1cn2c3c(c(N4CCN(c5cncc(Cl)n5)CC4)c(F)cc3c1=O)SCC2. The van der Waals surface area contributed by atoms with E-state index in [9.17, 15) is 14.7 Å². The Hall–Kier alpha value is -2.85. The molecule has 2 aliphatic heterocycles. The molecule has 160 valence electrons. The molecule has 1 aromatic carbocycles. The summed E-state index contributed by atoms with van der Waals surface area (Å²) in [6.07, 6.45) is 4.49. The second-order valence-corrected chi connectivity index (χ2v) is 8.82. The van der Waals surface area contributed by atoms with Gasteiger partial charge < -0.3 is 19.5 Å². The molecular weight excluding hydrogens is 445 g/mol. The number of pyridine rings is 1. The summed E-state index contributed by atoms with van der Waals surface area (Å²) >= 11 is 7.44. The molecule has 0 unspecified atom stereocenters. The minimum atomic E-state index is -1.31. The van der Waals surface area contributed by atoms with Crippen molar-refractivity contribution >= 4 is 51.7 Å². The van der Waals surface area contributed by atoms with Crippen LogP contribution in [0.1, 0.15) is 10.4 Å². The number of thioether (sulfide) groups is 1. The first-order chi connectivity index (χ1) is 14.9. The van der Waals surface area contributed by atoms with Crippen LogP contribution < -0.4 is 15.2 Å². The summed E-state index contributed by atoms with van der Waals surface area (Å²) < 4.78 is 17.0. The van der Waals surface area contributed by atoms with Gasteiger partial charge in [-0.1, -0.05) is 11.6 Å². The molecule has 1 fully saturated rings. The Labute approximate surface area is 185 Å². The van der Waals surface area contributed by atoms with Crippen molar-refractivity contribution in [2.45, 2.75) is 11.4 Å². The third-order valence-electron chi connectivity index (χ3n) is 5.57. The minimum Gasteiger partial charge on any atom is -0.477 e. The summed E-state index contributed by atoms with van der Waals surface area (Å²) in [5, 5.41) is 9.78. The van der Waals surface area contributed by atoms with Crippen molar-refractivity contribution in [2.75, 3.05) is 41.7 Å². The van der Waals surface area contributed by atoms with Crippen LogP contribution in [0.25, 0.3) is 10.9 Å². The van der Waals surface area contributed by atoms with Crippen LogP contribution in [-0.4, -0.2) is 57.5 Å². The first-order valence-corrected chi connectivity index (χ1v) is 11.0. The topological polar surface area (TPSA) is 91.6 Å². The van der Waals surface area contributed by atoms with Crippen LogP contribution in [0.3, 0.4) is 0 Å². The number of hydrogen-bond acceptors (Lipinski definition) is 7. The van der Waals surface area contributed by atoms with Gasteiger partial charge >= 0.3 is 5.97 Å². The monoisotopic (exact) mass is 461 g/mol. The lowest BCUT2D eigenvalue weighted by Crippen LogP contribution is -2.47. The summed E-state index contributed by atoms with van der Waals surface area (Å²) in [4.78, 5) is 37.2. The fourth-order valence-corrected chi connectivity index (χ4v) is 5.50. The van der Waals surface area contributed by atoms with Gasteiger partial charge in [0.1, 0.15) is 22.4 Å². The maximum Gasteiger partial charge on any atom is 0.341 e. The Kier molecular flexibility index (Phi) is 4.98. The summed E-state index contributed by atoms with van der Waals surface area (Å²) in [5.74, 6) is -0.477. The average Bonchev–Trinajstić information content (AvgIpc) is 2.76. The zero-order valence-electron chi connectivity index (χ0n) is 16.2. The number of piperazine rings is 1. The van der Waals surface area contributed by atoms with Crippen LogP contribution >= 0.6 is 23.4 Å². The Bertz CT molecular complexity index is 1280. The zero-order chi connectivity index (χ0) is 21.7. The van der Waals surface area contributed by atoms with E-state index in [-0.39, 0.29) is 10.9 Å². The van der Waals surface area contributed by atoms with Crippen LogP contribution in [0.4, 0.5) is 15.9 Å². The van der Waals surface area contributed by atoms with E-state index in [2.05, 4.69) is 9.97 Å². The van der Waals surface area contributed by atoms with Gasteiger partial charge in [0, 0.05) is 44.7 Å². The van der Waals surface area contributed by atoms with Crippen molar-refractivity contribution in [1.29, 1.82) is 0 Å². The molecule has 0 bridgehead atoms. The quantitative estimate of drug-likeness (QED) is 0.636. The number of carbonyl (C=O) groups is 1. The second kappa shape index (κ2) is 7.69. The third kappa shape index (κ3) is 3.39. The predicted molar refractivity (Wildman–Crippen MR) is 117 cm³/mol. The summed E-state index contributed by atoms with van der Waals surface area (Å²) in [6.45, 7) is 2.90. The lowest BCUT2D eigenvalue weighted by atomic mass is 10.1. The van der Waals surface area contributed by atoms with Gasteiger partial charge in [-0.15, -0.1) is 11.8 Å². The van der Waals surface area contributed by atoms with Crippen molar-refractivity contribution in [2.24, 2.45) is 0 Å². The molecule has 31 heavy (non-hydrogen) atoms. The molecule has 3 aromatic rings. The number of hydrogen-bond donors (Lipinski definition) is 1. The summed E-state index contributed by atoms with van der Waals surface area (Å²) in [5.41, 5.74) is 0.0714. The van der Waals surface area contributed by atoms with Crippen LogP contribution in [0, 0.1) is 5.82 Å². The molecule has 8 nitrogen and oxygen atoms in total. The molecule has 0 amide bonds. The van der Waals surface area contributed by atoms with E-state index in [1.54, 1.807) is 10.8 Å². The van der Waals surface area contributed by atoms with Crippen LogP contribution in [0.5, 0.6) is 0 Å². The number of anilines is 2. The highest BCUT2D eigenvalue weighted by Gasteiger charge is 2.29. The number of nitrogens with zero attached hydrogens (tertiary/aromatic N) is 5. The smallest absolute Gasteiger partial charge is 0.341 e. The molecular formula is C20H17ClFN5O3S. The Morgan fingerprint density at radius 3 is 2.61 bits per heavy atom. The van der Waals surface area contributed by atoms with Gasteiger partial charge in [-0.3, -0.25) is 9.78 Å². The van der Waals surface area contributed by atoms with Crippen molar-refractivity contribution < 1.29 is 14.3 Å². The highest BCUT2D eigenvalue weighted by Crippen LogP contribution is 2.41. The number of carboxylic acid groups (broad SMARTS) is 1. The van der Waals surface area contributed by atoms with Gasteiger partial charge in [0.25, 0.3) is 0 Å². The molecule has 0 saturated carbocycles. The van der Waals surface area contributed by atoms with Gasteiger partial charge in [0.15, 0.2) is 0 Å². The van der Waals surface area contributed by atoms with Crippen molar-refractivity contribution in [3.63, 3.8) is 0 Å². The van der Waals surface area contributed by atoms with E-state index in [0.717, 1.165) is 0 Å². The molecule has 0 radical (unpaired) electrons. The number of aryl methyl sites for hydroxylation is 1. The summed E-state index contributed by atoms with van der Waals surface area (Å²) in [6, 6.07) is 1.18. The maximum absolute atomic E-state index is 15.3. The number of carboxylic acids is 1. The molecule has 1 saturated heterocycles. The van der Waals surface area contributed by atoms with Crippen molar-refractivity contribution in [3.05, 3.63) is 51.4 Å². The Morgan fingerprint density at radius 2 is 1.90 bits per heavy atom. The van der Waals surface area contributed by atoms with Crippen LogP contribution in [-0.2, 0) is 6.54 Å². The Morgan fingerprint density at radius 1 is 1.16 bits per heavy atom. The molecule has 2 aromatic heterocycles. The number of rotatable bonds is 3. The molecule has 11 heteroatoms. The highest BCUT2D eigenvalue weighted by atomic mass is 35.5. The van der Waals surface area contributed by atoms with E-state index in [1.807, 2.05) is 9.80 Å². The number of halogens is 2. The maximum atomic E-state index is 15.3. The molecule has 4 heterocycles. The van der Waals surface area contributed by atoms with E-state index in [0.29, 0.717) is 65.5 Å². The van der Waals surface area contributed by atoms with Crippen LogP contribution in [0.2, 0.25) is 5.15 Å². The fraction of sp³-hybridized carbons (Fsp3) is 0.300. The minimum absolute atomic E-state index is 0.108. The Balaban J connectivity index is 1.54. The normalized spacial score (nSPS) is 16.1. The number of benzene rings is 1. The second-order valence-electron chi connectivity index (χ2n) is 7.33. The van der Waals surface area contributed by atoms with Crippen molar-refractivity contribution in [3.8, 4) is 0 Å². The van der Waals surface area contributed by atoms with Crippen LogP contribution in [0.15, 0.2) is 34.3 Å². The van der Waals surface area contributed by atoms with E-state index >= 15 is 4.39 Å². The first-order valence-electron chi connectivity index (χ1n) is 9.67. The van der Waals surface area contributed by atoms with E-state index < -0.39 is 17.2 Å². The van der Waals surface area contributed by atoms with Gasteiger partial charge in [-0.05, 0) is 6.07 Å². The van der Waals surface area contributed by atoms with E-state index in [4.69, 9.17) is 11.6 Å². The number of aromatic carboxylic acids is 1. The number of aromatic nitrogens is 3. The van der Waals surface area contributed by atoms with Gasteiger partial charge in [-0.25, -0.2) is 14.2 Å². The first kappa shape index (κ1) is 20.1. The van der Waals surface area contributed by atoms with Gasteiger partial charge in [0.2, 0.25) is 5.43 Å². The molecule has 5 rings (SSSR count). The average molecular weight is 462 g/mol. The van der Waals surface area contributed by atoms with E-state index in [1.165, 1.54) is 30.2 Å². The molecule has 1 N–H and O–H groups in total. The predicted octanol–water partition coefficient (Wildman–Crippen LogP) is 2.71. The zero-order valence-corrected chi connectivity index (χ0v) is 17.8. The fourth-order valence-electron chi connectivity index (χ4n) is 4.14. The summed E-state index contributed by atoms with van der Waals surface area (Å²) in [7, 11) is 0. The molecule has 0 atom stereocenters. The third-order valence-corrected chi connectivity index (χ3v) is 6.81. The molecule has 2 aliphatic rings. The van der Waals surface area contributed by atoms with Gasteiger partial charge in [0.05, 0.1) is 33.9 Å². The van der Waals surface area contributed by atoms with Crippen molar-refractivity contribution in [1.82, 2.24) is 14.5 Å². The molecule has 0 aliphatic carbocycles. The molecule has 0 spiro atoms. The lowest BCUT2D eigenvalue weighted by Gasteiger charge is -2.38. The highest BCUT2D eigenvalue weighted by molar-refractivity contribution is 7.99. The lowest BCUT2D eigenvalue weighted by molar-refractivity contribution is 0.0695.